The van der Waals surface area contributed by atoms with Crippen LogP contribution in [0.4, 0.5) is 11.4 Å². The van der Waals surface area contributed by atoms with Crippen LogP contribution in [0, 0.1) is 13.8 Å². The number of aryl methyl sites for hydroxylation is 2. The predicted molar refractivity (Wildman–Crippen MR) is 135 cm³/mol. The number of carbonyl (C=O) groups excluding carboxylic acids is 2. The summed E-state index contributed by atoms with van der Waals surface area (Å²) in [4.78, 5) is 43.3. The number of hydrogen-bond donors (Lipinski definition) is 2. The third kappa shape index (κ3) is 4.45. The molecule has 1 aromatic heterocycles. The highest BCUT2D eigenvalue weighted by molar-refractivity contribution is 5.96. The van der Waals surface area contributed by atoms with Gasteiger partial charge >= 0.3 is 0 Å². The van der Waals surface area contributed by atoms with Gasteiger partial charge in [-0.15, -0.1) is 0 Å². The first-order chi connectivity index (χ1) is 16.3. The van der Waals surface area contributed by atoms with Crippen LogP contribution >= 0.6 is 0 Å². The van der Waals surface area contributed by atoms with Crippen molar-refractivity contribution < 1.29 is 9.59 Å². The van der Waals surface area contributed by atoms with Gasteiger partial charge in [-0.1, -0.05) is 36.4 Å². The summed E-state index contributed by atoms with van der Waals surface area (Å²) in [6, 6.07) is 19.1. The third-order valence-corrected chi connectivity index (χ3v) is 5.83. The van der Waals surface area contributed by atoms with Gasteiger partial charge in [-0.05, 0) is 62.2 Å². The van der Waals surface area contributed by atoms with E-state index in [1.807, 2.05) is 38.1 Å². The van der Waals surface area contributed by atoms with Crippen LogP contribution in [-0.4, -0.2) is 21.4 Å². The number of nitrogens with zero attached hydrogens (tertiary/aromatic N) is 2. The van der Waals surface area contributed by atoms with Crippen LogP contribution in [0.1, 0.15) is 31.0 Å². The number of rotatable bonds is 5. The molecule has 0 aliphatic rings. The van der Waals surface area contributed by atoms with E-state index in [1.165, 1.54) is 11.5 Å². The molecule has 2 N–H and O–H groups in total. The summed E-state index contributed by atoms with van der Waals surface area (Å²) in [5, 5.41) is 5.68. The van der Waals surface area contributed by atoms with Crippen molar-refractivity contribution in [2.24, 2.45) is 0 Å². The molecule has 3 aromatic carbocycles. The van der Waals surface area contributed by atoms with Gasteiger partial charge < -0.3 is 10.6 Å². The zero-order valence-corrected chi connectivity index (χ0v) is 19.5. The van der Waals surface area contributed by atoms with Gasteiger partial charge in [0.05, 0.1) is 16.7 Å². The molecular formula is C27H26N4O3. The van der Waals surface area contributed by atoms with E-state index in [9.17, 15) is 14.4 Å². The maximum absolute atomic E-state index is 13.7. The van der Waals surface area contributed by atoms with Crippen molar-refractivity contribution in [1.82, 2.24) is 9.55 Å². The zero-order chi connectivity index (χ0) is 24.4. The maximum Gasteiger partial charge on any atom is 0.278 e. The Morgan fingerprint density at radius 3 is 2.35 bits per heavy atom. The number of aromatic nitrogens is 2. The smallest absolute Gasteiger partial charge is 0.278 e. The van der Waals surface area contributed by atoms with Crippen molar-refractivity contribution in [2.45, 2.75) is 33.7 Å². The SMILES string of the molecule is CC(=O)Nc1ccccc1-c1nc2ccccc2n([C@H](C)C(=O)Nc2ccc(C)c(C)c2)c1=O. The highest BCUT2D eigenvalue weighted by Crippen LogP contribution is 2.27. The number of anilines is 2. The maximum atomic E-state index is 13.7. The Morgan fingerprint density at radius 2 is 1.62 bits per heavy atom. The molecule has 4 rings (SSSR count). The van der Waals surface area contributed by atoms with E-state index in [1.54, 1.807) is 49.4 Å². The van der Waals surface area contributed by atoms with E-state index in [2.05, 4.69) is 15.6 Å². The second-order valence-corrected chi connectivity index (χ2v) is 8.32. The molecule has 172 valence electrons. The fraction of sp³-hybridized carbons (Fsp3) is 0.185. The van der Waals surface area contributed by atoms with Crippen LogP contribution in [0.3, 0.4) is 0 Å². The number of carbonyl (C=O) groups is 2. The molecule has 0 fully saturated rings. The molecule has 0 spiro atoms. The normalized spacial score (nSPS) is 11.8. The van der Waals surface area contributed by atoms with Crippen molar-refractivity contribution in [3.8, 4) is 11.3 Å². The van der Waals surface area contributed by atoms with Gasteiger partial charge in [0.25, 0.3) is 5.56 Å². The van der Waals surface area contributed by atoms with E-state index in [0.29, 0.717) is 28.0 Å². The number of nitrogens with one attached hydrogen (secondary N) is 2. The fourth-order valence-electron chi connectivity index (χ4n) is 3.89. The minimum Gasteiger partial charge on any atom is -0.326 e. The molecule has 1 heterocycles. The number of amides is 2. The van der Waals surface area contributed by atoms with E-state index >= 15 is 0 Å². The zero-order valence-electron chi connectivity index (χ0n) is 19.5. The van der Waals surface area contributed by atoms with Crippen molar-refractivity contribution in [3.63, 3.8) is 0 Å². The summed E-state index contributed by atoms with van der Waals surface area (Å²) < 4.78 is 1.46. The summed E-state index contributed by atoms with van der Waals surface area (Å²) in [6.07, 6.45) is 0. The van der Waals surface area contributed by atoms with Gasteiger partial charge in [0.2, 0.25) is 11.8 Å². The summed E-state index contributed by atoms with van der Waals surface area (Å²) in [5.41, 5.74) is 4.70. The number of benzene rings is 3. The Labute approximate surface area is 197 Å². The van der Waals surface area contributed by atoms with Gasteiger partial charge in [-0.25, -0.2) is 4.98 Å². The molecule has 0 aliphatic carbocycles. The monoisotopic (exact) mass is 454 g/mol. The predicted octanol–water partition coefficient (Wildman–Crippen LogP) is 4.84. The summed E-state index contributed by atoms with van der Waals surface area (Å²) in [5.74, 6) is -0.572. The standard InChI is InChI=1S/C27H26N4O3/c1-16-13-14-20(15-17(16)2)29-26(33)18(3)31-24-12-8-7-11-23(24)30-25(27(31)34)21-9-5-6-10-22(21)28-19(4)32/h5-15,18H,1-4H3,(H,28,32)(H,29,33)/t18-/m1/s1. The molecule has 34 heavy (non-hydrogen) atoms. The van der Waals surface area contributed by atoms with Gasteiger partial charge in [-0.2, -0.15) is 0 Å². The molecule has 0 bridgehead atoms. The topological polar surface area (TPSA) is 93.1 Å². The summed E-state index contributed by atoms with van der Waals surface area (Å²) in [7, 11) is 0. The van der Waals surface area contributed by atoms with Gasteiger partial charge in [0.15, 0.2) is 0 Å². The van der Waals surface area contributed by atoms with Crippen LogP contribution in [0.15, 0.2) is 71.5 Å². The average molecular weight is 455 g/mol. The van der Waals surface area contributed by atoms with Crippen molar-refractivity contribution in [1.29, 1.82) is 0 Å². The van der Waals surface area contributed by atoms with Gasteiger partial charge in [0, 0.05) is 18.2 Å². The van der Waals surface area contributed by atoms with Crippen LogP contribution in [0.2, 0.25) is 0 Å². The first-order valence-corrected chi connectivity index (χ1v) is 11.0. The van der Waals surface area contributed by atoms with Gasteiger partial charge in [-0.3, -0.25) is 19.0 Å². The Bertz CT molecular complexity index is 1470. The largest absolute Gasteiger partial charge is 0.326 e. The molecule has 2 amide bonds. The lowest BCUT2D eigenvalue weighted by Crippen LogP contribution is -2.33. The van der Waals surface area contributed by atoms with Crippen LogP contribution in [0.5, 0.6) is 0 Å². The summed E-state index contributed by atoms with van der Waals surface area (Å²) >= 11 is 0. The Kier molecular flexibility index (Phi) is 6.27. The lowest BCUT2D eigenvalue weighted by Gasteiger charge is -2.19. The molecule has 0 saturated heterocycles. The highest BCUT2D eigenvalue weighted by Gasteiger charge is 2.23. The third-order valence-electron chi connectivity index (χ3n) is 5.83. The molecule has 7 heteroatoms. The van der Waals surface area contributed by atoms with Crippen LogP contribution < -0.4 is 16.2 Å². The van der Waals surface area contributed by atoms with Crippen molar-refractivity contribution >= 4 is 34.2 Å². The number of fused-ring (bicyclic) bond motifs is 1. The number of para-hydroxylation sites is 3. The molecule has 0 radical (unpaired) electrons. The lowest BCUT2D eigenvalue weighted by molar-refractivity contribution is -0.118. The molecule has 7 nitrogen and oxygen atoms in total. The molecule has 4 aromatic rings. The van der Waals surface area contributed by atoms with Gasteiger partial charge in [0.1, 0.15) is 11.7 Å². The van der Waals surface area contributed by atoms with E-state index < -0.39 is 11.6 Å². The molecule has 1 atom stereocenters. The summed E-state index contributed by atoms with van der Waals surface area (Å²) in [6.45, 7) is 7.08. The van der Waals surface area contributed by atoms with Crippen LogP contribution in [0.25, 0.3) is 22.3 Å². The molecule has 0 saturated carbocycles. The Balaban J connectivity index is 1.84. The quantitative estimate of drug-likeness (QED) is 0.451. The minimum atomic E-state index is -0.811. The Hall–Kier alpha value is -4.26. The second-order valence-electron chi connectivity index (χ2n) is 8.32. The highest BCUT2D eigenvalue weighted by atomic mass is 16.2. The van der Waals surface area contributed by atoms with Crippen molar-refractivity contribution in [3.05, 3.63) is 88.2 Å². The first kappa shape index (κ1) is 22.9. The first-order valence-electron chi connectivity index (χ1n) is 11.0. The van der Waals surface area contributed by atoms with E-state index in [0.717, 1.165) is 11.1 Å². The second kappa shape index (κ2) is 9.31. The number of hydrogen-bond acceptors (Lipinski definition) is 4. The fourth-order valence-corrected chi connectivity index (χ4v) is 3.89. The van der Waals surface area contributed by atoms with E-state index in [4.69, 9.17) is 0 Å². The van der Waals surface area contributed by atoms with Crippen LogP contribution in [-0.2, 0) is 9.59 Å². The van der Waals surface area contributed by atoms with E-state index in [-0.39, 0.29) is 17.5 Å². The Morgan fingerprint density at radius 1 is 0.912 bits per heavy atom. The lowest BCUT2D eigenvalue weighted by atomic mass is 10.1. The molecule has 0 unspecified atom stereocenters. The minimum absolute atomic E-state index is 0.161. The van der Waals surface area contributed by atoms with Crippen molar-refractivity contribution in [2.75, 3.05) is 10.6 Å². The average Bonchev–Trinajstić information content (AvgIpc) is 2.81. The molecular weight excluding hydrogens is 428 g/mol. The molecule has 0 aliphatic heterocycles.